The fourth-order valence-electron chi connectivity index (χ4n) is 3.29. The fraction of sp³-hybridized carbons (Fsp3) is 0.550. The van der Waals surface area contributed by atoms with Gasteiger partial charge in [-0.3, -0.25) is 14.5 Å². The number of benzene rings is 1. The monoisotopic (exact) mass is 388 g/mol. The summed E-state index contributed by atoms with van der Waals surface area (Å²) in [5.74, 6) is -0.850. The second-order valence-electron chi connectivity index (χ2n) is 6.64. The van der Waals surface area contributed by atoms with Crippen LogP contribution in [0.15, 0.2) is 18.2 Å². The molecular formula is C20H28N4O4. The zero-order chi connectivity index (χ0) is 20.7. The predicted molar refractivity (Wildman–Crippen MR) is 105 cm³/mol. The number of rotatable bonds is 3. The standard InChI is InChI=1S/C18H22N4O4.C2H6/c1-21-11-13(8-14(21)10-19)17(24)20-15-9-12(2-3-16(15)23)18(25)22-4-6-26-7-5-22;1-2/h2-3,9,13-14,23H,4-8,11H2,1H3,(H,20,24);1-2H3. The minimum Gasteiger partial charge on any atom is -0.506 e. The smallest absolute Gasteiger partial charge is 0.254 e. The lowest BCUT2D eigenvalue weighted by Gasteiger charge is -2.27. The number of likely N-dealkylation sites (tertiary alicyclic amines) is 1. The number of anilines is 1. The van der Waals surface area contributed by atoms with Crippen LogP contribution in [0.3, 0.4) is 0 Å². The Morgan fingerprint density at radius 2 is 1.96 bits per heavy atom. The molecule has 2 saturated heterocycles. The quantitative estimate of drug-likeness (QED) is 0.763. The van der Waals surface area contributed by atoms with E-state index in [0.29, 0.717) is 44.8 Å². The highest BCUT2D eigenvalue weighted by Crippen LogP contribution is 2.28. The highest BCUT2D eigenvalue weighted by Gasteiger charge is 2.34. The molecule has 0 saturated carbocycles. The molecule has 1 aromatic carbocycles. The molecule has 2 atom stereocenters. The van der Waals surface area contributed by atoms with Crippen LogP contribution < -0.4 is 5.32 Å². The van der Waals surface area contributed by atoms with Crippen LogP contribution in [0.5, 0.6) is 5.75 Å². The number of nitrogens with zero attached hydrogens (tertiary/aromatic N) is 3. The first-order valence-electron chi connectivity index (χ1n) is 9.60. The fourth-order valence-corrected chi connectivity index (χ4v) is 3.29. The first-order chi connectivity index (χ1) is 13.5. The van der Waals surface area contributed by atoms with Gasteiger partial charge in [-0.25, -0.2) is 0 Å². The van der Waals surface area contributed by atoms with Crippen molar-refractivity contribution in [3.63, 3.8) is 0 Å². The third-order valence-electron chi connectivity index (χ3n) is 4.87. The van der Waals surface area contributed by atoms with Crippen LogP contribution in [-0.4, -0.2) is 72.7 Å². The molecule has 0 aromatic heterocycles. The SMILES string of the molecule is CC.CN1CC(C(=O)Nc2cc(C(=O)N3CCOCC3)ccc2O)CC1C#N. The van der Waals surface area contributed by atoms with Gasteiger partial charge in [-0.2, -0.15) is 5.26 Å². The minimum absolute atomic E-state index is 0.0972. The summed E-state index contributed by atoms with van der Waals surface area (Å²) in [4.78, 5) is 28.6. The summed E-state index contributed by atoms with van der Waals surface area (Å²) < 4.78 is 5.25. The highest BCUT2D eigenvalue weighted by atomic mass is 16.5. The lowest BCUT2D eigenvalue weighted by molar-refractivity contribution is -0.119. The number of phenolic OH excluding ortho intramolecular Hbond substituents is 1. The van der Waals surface area contributed by atoms with Crippen LogP contribution in [0.25, 0.3) is 0 Å². The molecule has 2 N–H and O–H groups in total. The molecule has 1 aromatic rings. The van der Waals surface area contributed by atoms with E-state index >= 15 is 0 Å². The van der Waals surface area contributed by atoms with Crippen LogP contribution in [0.4, 0.5) is 5.69 Å². The number of hydrogen-bond acceptors (Lipinski definition) is 6. The van der Waals surface area contributed by atoms with Crippen LogP contribution in [0.1, 0.15) is 30.6 Å². The zero-order valence-electron chi connectivity index (χ0n) is 16.6. The molecule has 0 aliphatic carbocycles. The van der Waals surface area contributed by atoms with Gasteiger partial charge in [0, 0.05) is 25.2 Å². The minimum atomic E-state index is -0.331. The van der Waals surface area contributed by atoms with E-state index in [4.69, 9.17) is 10.00 Å². The first-order valence-corrected chi connectivity index (χ1v) is 9.60. The molecule has 2 aliphatic heterocycles. The summed E-state index contributed by atoms with van der Waals surface area (Å²) in [5, 5.41) is 21.8. The Hall–Kier alpha value is -2.63. The van der Waals surface area contributed by atoms with Crippen LogP contribution in [-0.2, 0) is 9.53 Å². The maximum Gasteiger partial charge on any atom is 0.254 e. The molecule has 8 nitrogen and oxygen atoms in total. The van der Waals surface area contributed by atoms with Crippen LogP contribution in [0.2, 0.25) is 0 Å². The summed E-state index contributed by atoms with van der Waals surface area (Å²) in [6, 6.07) is 6.32. The Bertz CT molecular complexity index is 740. The second-order valence-corrected chi connectivity index (χ2v) is 6.64. The van der Waals surface area contributed by atoms with Gasteiger partial charge in [0.05, 0.1) is 36.9 Å². The molecule has 0 bridgehead atoms. The number of carbonyl (C=O) groups is 2. The molecule has 152 valence electrons. The van der Waals surface area contributed by atoms with Crippen LogP contribution in [0, 0.1) is 17.2 Å². The van der Waals surface area contributed by atoms with E-state index in [-0.39, 0.29) is 35.2 Å². The number of amides is 2. The van der Waals surface area contributed by atoms with Gasteiger partial charge in [0.25, 0.3) is 5.91 Å². The maximum atomic E-state index is 12.6. The predicted octanol–water partition coefficient (Wildman–Crippen LogP) is 1.67. The lowest BCUT2D eigenvalue weighted by atomic mass is 10.0. The number of morpholine rings is 1. The third kappa shape index (κ3) is 5.00. The Morgan fingerprint density at radius 3 is 2.57 bits per heavy atom. The molecule has 2 unspecified atom stereocenters. The molecule has 0 radical (unpaired) electrons. The number of hydrogen-bond donors (Lipinski definition) is 2. The summed E-state index contributed by atoms with van der Waals surface area (Å²) >= 11 is 0. The second kappa shape index (κ2) is 10.1. The van der Waals surface area contributed by atoms with Crippen molar-refractivity contribution in [2.45, 2.75) is 26.3 Å². The molecule has 28 heavy (non-hydrogen) atoms. The number of carbonyl (C=O) groups excluding carboxylic acids is 2. The summed E-state index contributed by atoms with van der Waals surface area (Å²) in [5.41, 5.74) is 0.607. The molecule has 8 heteroatoms. The topological polar surface area (TPSA) is 106 Å². The van der Waals surface area contributed by atoms with E-state index in [9.17, 15) is 14.7 Å². The van der Waals surface area contributed by atoms with E-state index in [1.807, 2.05) is 18.7 Å². The Balaban J connectivity index is 0.00000136. The molecule has 0 spiro atoms. The van der Waals surface area contributed by atoms with Crippen molar-refractivity contribution >= 4 is 17.5 Å². The summed E-state index contributed by atoms with van der Waals surface area (Å²) in [6.07, 6.45) is 0.450. The van der Waals surface area contributed by atoms with E-state index < -0.39 is 0 Å². The van der Waals surface area contributed by atoms with E-state index in [1.54, 1.807) is 11.9 Å². The van der Waals surface area contributed by atoms with Gasteiger partial charge in [-0.05, 0) is 31.7 Å². The van der Waals surface area contributed by atoms with Gasteiger partial charge >= 0.3 is 0 Å². The Labute approximate surface area is 165 Å². The van der Waals surface area contributed by atoms with Crippen molar-refractivity contribution in [2.75, 3.05) is 45.2 Å². The van der Waals surface area contributed by atoms with E-state index in [0.717, 1.165) is 0 Å². The van der Waals surface area contributed by atoms with Crippen molar-refractivity contribution in [1.29, 1.82) is 5.26 Å². The molecular weight excluding hydrogens is 360 g/mol. The first kappa shape index (κ1) is 21.7. The van der Waals surface area contributed by atoms with Gasteiger partial charge in [-0.15, -0.1) is 0 Å². The van der Waals surface area contributed by atoms with Crippen molar-refractivity contribution in [3.05, 3.63) is 23.8 Å². The average molecular weight is 388 g/mol. The number of aromatic hydroxyl groups is 1. The number of nitrogens with one attached hydrogen (secondary N) is 1. The normalized spacial score (nSPS) is 22.0. The molecule has 2 fully saturated rings. The van der Waals surface area contributed by atoms with Crippen molar-refractivity contribution in [2.24, 2.45) is 5.92 Å². The zero-order valence-corrected chi connectivity index (χ0v) is 16.6. The average Bonchev–Trinajstić information content (AvgIpc) is 3.12. The largest absolute Gasteiger partial charge is 0.506 e. The van der Waals surface area contributed by atoms with E-state index in [1.165, 1.54) is 18.2 Å². The molecule has 3 rings (SSSR count). The van der Waals surface area contributed by atoms with Gasteiger partial charge in [0.15, 0.2) is 0 Å². The molecule has 2 amide bonds. The lowest BCUT2D eigenvalue weighted by Crippen LogP contribution is -2.40. The van der Waals surface area contributed by atoms with Crippen molar-refractivity contribution in [1.82, 2.24) is 9.80 Å². The van der Waals surface area contributed by atoms with Gasteiger partial charge in [0.1, 0.15) is 5.75 Å². The summed E-state index contributed by atoms with van der Waals surface area (Å²) in [6.45, 7) is 6.53. The molecule has 2 heterocycles. The third-order valence-corrected chi connectivity index (χ3v) is 4.87. The number of ether oxygens (including phenoxy) is 1. The Morgan fingerprint density at radius 1 is 1.29 bits per heavy atom. The van der Waals surface area contributed by atoms with Gasteiger partial charge < -0.3 is 20.1 Å². The Kier molecular flexibility index (Phi) is 7.79. The van der Waals surface area contributed by atoms with E-state index in [2.05, 4.69) is 11.4 Å². The number of phenols is 1. The summed E-state index contributed by atoms with van der Waals surface area (Å²) in [7, 11) is 1.81. The highest BCUT2D eigenvalue weighted by molar-refractivity contribution is 5.99. The maximum absolute atomic E-state index is 12.6. The van der Waals surface area contributed by atoms with Gasteiger partial charge in [0.2, 0.25) is 5.91 Å². The van der Waals surface area contributed by atoms with Crippen molar-refractivity contribution < 1.29 is 19.4 Å². The van der Waals surface area contributed by atoms with Crippen LogP contribution >= 0.6 is 0 Å². The van der Waals surface area contributed by atoms with Crippen molar-refractivity contribution in [3.8, 4) is 11.8 Å². The molecule has 2 aliphatic rings. The van der Waals surface area contributed by atoms with Gasteiger partial charge in [-0.1, -0.05) is 13.8 Å². The number of nitriles is 1.